The van der Waals surface area contributed by atoms with Crippen molar-refractivity contribution in [1.82, 2.24) is 0 Å². The van der Waals surface area contributed by atoms with Crippen LogP contribution in [-0.4, -0.2) is 20.9 Å². The molecule has 0 radical (unpaired) electrons. The van der Waals surface area contributed by atoms with Crippen LogP contribution in [0, 0.1) is 0 Å². The molecule has 1 heterocycles. The Hall–Kier alpha value is -0.915. The van der Waals surface area contributed by atoms with E-state index in [0.717, 1.165) is 0 Å². The van der Waals surface area contributed by atoms with Gasteiger partial charge in [-0.2, -0.15) is 0 Å². The highest BCUT2D eigenvalue weighted by atomic mass is 15.1. The van der Waals surface area contributed by atoms with E-state index in [1.165, 1.54) is 43.5 Å². The smallest absolute Gasteiger partial charge is 0.139 e. The van der Waals surface area contributed by atoms with Crippen molar-refractivity contribution in [1.29, 1.82) is 0 Å². The molecule has 2 heteroatoms. The minimum absolute atomic E-state index is 1.24. The van der Waals surface area contributed by atoms with Crippen LogP contribution < -0.4 is 10.4 Å². The Kier molecular flexibility index (Phi) is 2.58. The van der Waals surface area contributed by atoms with Crippen molar-refractivity contribution in [2.45, 2.75) is 19.3 Å². The lowest BCUT2D eigenvalue weighted by molar-refractivity contribution is 0.578. The summed E-state index contributed by atoms with van der Waals surface area (Å²) in [4.78, 5) is 2.49. The number of anilines is 1. The third kappa shape index (κ3) is 2.06. The van der Waals surface area contributed by atoms with Gasteiger partial charge in [0.2, 0.25) is 0 Å². The maximum Gasteiger partial charge on any atom is 0.139 e. The van der Waals surface area contributed by atoms with Gasteiger partial charge >= 0.3 is 0 Å². The van der Waals surface area contributed by atoms with Crippen molar-refractivity contribution in [3.8, 4) is 0 Å². The minimum atomic E-state index is 1.24. The average molecular weight is 173 g/mol. The molecule has 1 aliphatic heterocycles. The molecule has 1 aromatic rings. The van der Waals surface area contributed by atoms with Crippen molar-refractivity contribution < 1.29 is 0 Å². The molecule has 0 spiro atoms. The quantitative estimate of drug-likeness (QED) is 0.571. The second-order valence-corrected chi connectivity index (χ2v) is 3.88. The van der Waals surface area contributed by atoms with Crippen molar-refractivity contribution in [2.24, 2.45) is 0 Å². The van der Waals surface area contributed by atoms with Gasteiger partial charge in [-0.1, -0.05) is 17.6 Å². The van der Waals surface area contributed by atoms with Crippen molar-refractivity contribution >= 4 is 19.0 Å². The lowest BCUT2D eigenvalue weighted by atomic mass is 9.96. The van der Waals surface area contributed by atoms with E-state index in [1.807, 2.05) is 0 Å². The van der Waals surface area contributed by atoms with E-state index in [9.17, 15) is 0 Å². The first-order valence-corrected chi connectivity index (χ1v) is 5.18. The first-order chi connectivity index (χ1) is 6.36. The van der Waals surface area contributed by atoms with Gasteiger partial charge < -0.3 is 4.90 Å². The zero-order valence-corrected chi connectivity index (χ0v) is 8.29. The second-order valence-electron chi connectivity index (χ2n) is 3.88. The third-order valence-electron chi connectivity index (χ3n) is 2.76. The molecular formula is C11H16BN. The summed E-state index contributed by atoms with van der Waals surface area (Å²) in [5.41, 5.74) is 2.74. The van der Waals surface area contributed by atoms with Gasteiger partial charge in [0.15, 0.2) is 0 Å². The minimum Gasteiger partial charge on any atom is -0.372 e. The van der Waals surface area contributed by atoms with Crippen LogP contribution in [0.2, 0.25) is 0 Å². The Morgan fingerprint density at radius 3 is 2.15 bits per heavy atom. The van der Waals surface area contributed by atoms with Gasteiger partial charge in [0.1, 0.15) is 7.85 Å². The number of benzene rings is 1. The molecule has 0 atom stereocenters. The van der Waals surface area contributed by atoms with E-state index in [-0.39, 0.29) is 0 Å². The Morgan fingerprint density at radius 1 is 0.923 bits per heavy atom. The van der Waals surface area contributed by atoms with Crippen LogP contribution in [0.5, 0.6) is 0 Å². The average Bonchev–Trinajstić information content (AvgIpc) is 2.20. The molecule has 0 saturated carbocycles. The highest BCUT2D eigenvalue weighted by Crippen LogP contribution is 2.17. The fraction of sp³-hybridized carbons (Fsp3) is 0.455. The number of hydrogen-bond donors (Lipinski definition) is 0. The predicted molar refractivity (Wildman–Crippen MR) is 60.7 cm³/mol. The summed E-state index contributed by atoms with van der Waals surface area (Å²) < 4.78 is 0. The van der Waals surface area contributed by atoms with Gasteiger partial charge in [0.05, 0.1) is 0 Å². The van der Waals surface area contributed by atoms with Crippen LogP contribution in [-0.2, 0) is 0 Å². The summed E-state index contributed by atoms with van der Waals surface area (Å²) in [6.07, 6.45) is 4.12. The first kappa shape index (κ1) is 8.67. The Bertz CT molecular complexity index is 262. The van der Waals surface area contributed by atoms with Gasteiger partial charge in [0, 0.05) is 18.8 Å². The topological polar surface area (TPSA) is 3.24 Å². The molecule has 0 aliphatic carbocycles. The largest absolute Gasteiger partial charge is 0.372 e. The summed E-state index contributed by atoms with van der Waals surface area (Å²) in [6.45, 7) is 2.48. The van der Waals surface area contributed by atoms with Crippen LogP contribution in [0.1, 0.15) is 19.3 Å². The maximum absolute atomic E-state index is 2.49. The fourth-order valence-corrected chi connectivity index (χ4v) is 1.91. The number of piperidine rings is 1. The normalized spacial score (nSPS) is 17.4. The molecule has 68 valence electrons. The van der Waals surface area contributed by atoms with Crippen molar-refractivity contribution in [3.05, 3.63) is 24.3 Å². The molecule has 1 aliphatic rings. The molecule has 0 bridgehead atoms. The number of nitrogens with zero attached hydrogens (tertiary/aromatic N) is 1. The predicted octanol–water partition coefficient (Wildman–Crippen LogP) is 0.935. The molecule has 0 aromatic heterocycles. The summed E-state index contributed by atoms with van der Waals surface area (Å²) in [5.74, 6) is 0. The van der Waals surface area contributed by atoms with E-state index in [2.05, 4.69) is 37.0 Å². The highest BCUT2D eigenvalue weighted by Gasteiger charge is 2.09. The molecule has 0 N–H and O–H groups in total. The Balaban J connectivity index is 2.10. The van der Waals surface area contributed by atoms with E-state index in [1.54, 1.807) is 0 Å². The highest BCUT2D eigenvalue weighted by molar-refractivity contribution is 6.32. The van der Waals surface area contributed by atoms with E-state index >= 15 is 0 Å². The molecule has 1 nitrogen and oxygen atoms in total. The van der Waals surface area contributed by atoms with Gasteiger partial charge in [-0.25, -0.2) is 0 Å². The summed E-state index contributed by atoms with van der Waals surface area (Å²) in [5, 5.41) is 0. The second kappa shape index (κ2) is 3.86. The zero-order chi connectivity index (χ0) is 9.10. The molecule has 1 aromatic carbocycles. The van der Waals surface area contributed by atoms with Crippen LogP contribution in [0.3, 0.4) is 0 Å². The lowest BCUT2D eigenvalue weighted by Crippen LogP contribution is -2.29. The van der Waals surface area contributed by atoms with E-state index in [0.29, 0.717) is 0 Å². The standard InChI is InChI=1S/C11H16BN/c12-10-4-6-11(7-5-10)13-8-2-1-3-9-13/h4-7H,1-3,8-9,12H2. The van der Waals surface area contributed by atoms with Gasteiger partial charge in [-0.15, -0.1) is 0 Å². The Morgan fingerprint density at radius 2 is 1.54 bits per heavy atom. The van der Waals surface area contributed by atoms with Crippen LogP contribution >= 0.6 is 0 Å². The summed E-state index contributed by atoms with van der Waals surface area (Å²) >= 11 is 0. The van der Waals surface area contributed by atoms with Gasteiger partial charge in [-0.3, -0.25) is 0 Å². The Labute approximate surface area is 81.2 Å². The first-order valence-electron chi connectivity index (χ1n) is 5.18. The fourth-order valence-electron chi connectivity index (χ4n) is 1.91. The van der Waals surface area contributed by atoms with Crippen molar-refractivity contribution in [2.75, 3.05) is 18.0 Å². The van der Waals surface area contributed by atoms with Crippen LogP contribution in [0.25, 0.3) is 0 Å². The van der Waals surface area contributed by atoms with Crippen LogP contribution in [0.15, 0.2) is 24.3 Å². The van der Waals surface area contributed by atoms with Crippen LogP contribution in [0.4, 0.5) is 5.69 Å². The summed E-state index contributed by atoms with van der Waals surface area (Å²) in [6, 6.07) is 8.87. The third-order valence-corrected chi connectivity index (χ3v) is 2.76. The monoisotopic (exact) mass is 173 g/mol. The van der Waals surface area contributed by atoms with E-state index in [4.69, 9.17) is 0 Å². The van der Waals surface area contributed by atoms with Gasteiger partial charge in [-0.05, 0) is 31.4 Å². The van der Waals surface area contributed by atoms with Crippen molar-refractivity contribution in [3.63, 3.8) is 0 Å². The molecule has 1 saturated heterocycles. The SMILES string of the molecule is Bc1ccc(N2CCCCC2)cc1. The molecule has 0 amide bonds. The lowest BCUT2D eigenvalue weighted by Gasteiger charge is -2.28. The maximum atomic E-state index is 2.49. The molecule has 2 rings (SSSR count). The number of rotatable bonds is 1. The van der Waals surface area contributed by atoms with Gasteiger partial charge in [0.25, 0.3) is 0 Å². The summed E-state index contributed by atoms with van der Waals surface area (Å²) in [7, 11) is 2.14. The van der Waals surface area contributed by atoms with E-state index < -0.39 is 0 Å². The molecular weight excluding hydrogens is 157 g/mol. The zero-order valence-electron chi connectivity index (χ0n) is 8.29. The number of hydrogen-bond acceptors (Lipinski definition) is 1. The molecule has 13 heavy (non-hydrogen) atoms. The molecule has 0 unspecified atom stereocenters. The molecule has 1 fully saturated rings.